The topological polar surface area (TPSA) is 112 Å². The first-order valence-corrected chi connectivity index (χ1v) is 8.95. The van der Waals surface area contributed by atoms with E-state index in [2.05, 4.69) is 15.1 Å². The van der Waals surface area contributed by atoms with E-state index in [4.69, 9.17) is 11.5 Å². The Morgan fingerprint density at radius 3 is 2.53 bits per heavy atom. The second-order valence-electron chi connectivity index (χ2n) is 5.96. The van der Waals surface area contributed by atoms with Crippen molar-refractivity contribution in [2.24, 2.45) is 21.5 Å². The third kappa shape index (κ3) is 4.93. The summed E-state index contributed by atoms with van der Waals surface area (Å²) in [6, 6.07) is 14.8. The lowest BCUT2D eigenvalue weighted by molar-refractivity contribution is 0.608. The molecule has 0 aliphatic heterocycles. The summed E-state index contributed by atoms with van der Waals surface area (Å²) in [5, 5.41) is 4.28. The summed E-state index contributed by atoms with van der Waals surface area (Å²) in [6.07, 6.45) is 8.43. The van der Waals surface area contributed by atoms with Gasteiger partial charge in [0.2, 0.25) is 5.43 Å². The number of halogens is 1. The van der Waals surface area contributed by atoms with Crippen LogP contribution in [-0.2, 0) is 0 Å². The third-order valence-corrected chi connectivity index (χ3v) is 3.91. The predicted octanol–water partition coefficient (Wildman–Crippen LogP) is 3.14. The molecule has 0 radical (unpaired) electrons. The third-order valence-electron chi connectivity index (χ3n) is 3.91. The molecule has 0 saturated heterocycles. The smallest absolute Gasteiger partial charge is 0.209 e. The molecule has 0 aliphatic carbocycles. The summed E-state index contributed by atoms with van der Waals surface area (Å²) in [5.74, 6) is -0.556. The van der Waals surface area contributed by atoms with Crippen molar-refractivity contribution in [1.29, 1.82) is 0 Å². The van der Waals surface area contributed by atoms with E-state index >= 15 is 0 Å². The van der Waals surface area contributed by atoms with E-state index in [1.54, 1.807) is 18.2 Å². The van der Waals surface area contributed by atoms with Gasteiger partial charge in [-0.1, -0.05) is 18.2 Å². The van der Waals surface area contributed by atoms with Gasteiger partial charge in [0.15, 0.2) is 11.5 Å². The van der Waals surface area contributed by atoms with E-state index in [0.717, 1.165) is 0 Å². The van der Waals surface area contributed by atoms with Gasteiger partial charge in [0.1, 0.15) is 5.69 Å². The van der Waals surface area contributed by atoms with Crippen molar-refractivity contribution in [3.8, 4) is 5.69 Å². The molecule has 0 fully saturated rings. The van der Waals surface area contributed by atoms with Crippen LogP contribution in [0.15, 0.2) is 100 Å². The molecule has 3 rings (SSSR count). The molecule has 0 aliphatic rings. The minimum absolute atomic E-state index is 0.0395. The highest BCUT2D eigenvalue weighted by atomic mass is 19.1. The average molecular weight is 402 g/mol. The number of benzene rings is 2. The van der Waals surface area contributed by atoms with Gasteiger partial charge < -0.3 is 11.5 Å². The first kappa shape index (κ1) is 20.4. The second kappa shape index (κ2) is 9.74. The Hall–Kier alpha value is -4.33. The van der Waals surface area contributed by atoms with Crippen LogP contribution >= 0.6 is 0 Å². The van der Waals surface area contributed by atoms with Crippen molar-refractivity contribution >= 4 is 23.3 Å². The van der Waals surface area contributed by atoms with Gasteiger partial charge in [-0.25, -0.2) is 14.1 Å². The molecular formula is C22H19FN6O. The SMILES string of the molecule is NC=CC=Nc1ccc(-n2ccc(=O)c(C(C=CN)=Nc3ccccc3)n2)c(F)c1. The summed E-state index contributed by atoms with van der Waals surface area (Å²) in [6.45, 7) is 0. The first-order chi connectivity index (χ1) is 14.6. The quantitative estimate of drug-likeness (QED) is 0.617. The first-order valence-electron chi connectivity index (χ1n) is 8.95. The van der Waals surface area contributed by atoms with Gasteiger partial charge in [-0.15, -0.1) is 0 Å². The fraction of sp³-hybridized carbons (Fsp3) is 0. The molecule has 0 unspecified atom stereocenters. The number of nitrogens with two attached hydrogens (primary N) is 2. The Bertz CT molecular complexity index is 1200. The highest BCUT2D eigenvalue weighted by Crippen LogP contribution is 2.19. The zero-order valence-electron chi connectivity index (χ0n) is 15.9. The Labute approximate surface area is 172 Å². The molecule has 0 atom stereocenters. The molecule has 1 aromatic heterocycles. The molecule has 0 saturated carbocycles. The summed E-state index contributed by atoms with van der Waals surface area (Å²) >= 11 is 0. The van der Waals surface area contributed by atoms with Crippen LogP contribution in [0, 0.1) is 5.82 Å². The standard InChI is InChI=1S/C22H19FN6O/c23-18-15-17(26-13-4-11-24)7-8-20(18)29-14-10-21(30)22(28-29)19(9-12-25)27-16-5-2-1-3-6-16/h1-15H,24-25H2. The van der Waals surface area contributed by atoms with Gasteiger partial charge in [0, 0.05) is 24.5 Å². The van der Waals surface area contributed by atoms with E-state index in [1.165, 1.54) is 59.8 Å². The summed E-state index contributed by atoms with van der Waals surface area (Å²) in [4.78, 5) is 20.9. The molecule has 4 N–H and O–H groups in total. The molecule has 2 aromatic carbocycles. The van der Waals surface area contributed by atoms with Crippen LogP contribution < -0.4 is 16.9 Å². The number of aliphatic imine (C=N–C) groups is 2. The number of hydrogen-bond donors (Lipinski definition) is 2. The molecule has 0 amide bonds. The number of nitrogens with zero attached hydrogens (tertiary/aromatic N) is 4. The lowest BCUT2D eigenvalue weighted by atomic mass is 10.2. The molecule has 0 bridgehead atoms. The highest BCUT2D eigenvalue weighted by Gasteiger charge is 2.12. The maximum Gasteiger partial charge on any atom is 0.209 e. The molecule has 1 heterocycles. The Morgan fingerprint density at radius 1 is 1.03 bits per heavy atom. The van der Waals surface area contributed by atoms with Crippen molar-refractivity contribution in [2.45, 2.75) is 0 Å². The molecule has 150 valence electrons. The van der Waals surface area contributed by atoms with Crippen LogP contribution in [0.1, 0.15) is 5.69 Å². The van der Waals surface area contributed by atoms with Gasteiger partial charge in [-0.3, -0.25) is 9.79 Å². The Morgan fingerprint density at radius 2 is 1.83 bits per heavy atom. The van der Waals surface area contributed by atoms with E-state index in [1.807, 2.05) is 18.2 Å². The summed E-state index contributed by atoms with van der Waals surface area (Å²) in [7, 11) is 0. The zero-order chi connectivity index (χ0) is 21.3. The van der Waals surface area contributed by atoms with E-state index in [-0.39, 0.29) is 22.5 Å². The average Bonchev–Trinajstić information content (AvgIpc) is 2.75. The number of hydrogen-bond acceptors (Lipinski definition) is 6. The molecular weight excluding hydrogens is 383 g/mol. The van der Waals surface area contributed by atoms with Crippen LogP contribution in [0.2, 0.25) is 0 Å². The molecule has 3 aromatic rings. The van der Waals surface area contributed by atoms with Crippen LogP contribution in [-0.4, -0.2) is 21.7 Å². The van der Waals surface area contributed by atoms with Crippen LogP contribution in [0.4, 0.5) is 15.8 Å². The van der Waals surface area contributed by atoms with Gasteiger partial charge in [-0.05, 0) is 48.8 Å². The van der Waals surface area contributed by atoms with Crippen LogP contribution in [0.5, 0.6) is 0 Å². The molecule has 8 heteroatoms. The van der Waals surface area contributed by atoms with E-state index < -0.39 is 5.82 Å². The second-order valence-corrected chi connectivity index (χ2v) is 5.96. The minimum atomic E-state index is -0.556. The molecule has 30 heavy (non-hydrogen) atoms. The monoisotopic (exact) mass is 402 g/mol. The number of aromatic nitrogens is 2. The van der Waals surface area contributed by atoms with E-state index in [9.17, 15) is 9.18 Å². The van der Waals surface area contributed by atoms with Gasteiger partial charge >= 0.3 is 0 Å². The number of rotatable bonds is 6. The van der Waals surface area contributed by atoms with E-state index in [0.29, 0.717) is 11.4 Å². The van der Waals surface area contributed by atoms with Crippen LogP contribution in [0.3, 0.4) is 0 Å². The van der Waals surface area contributed by atoms with Crippen molar-refractivity contribution < 1.29 is 4.39 Å². The zero-order valence-corrected chi connectivity index (χ0v) is 15.9. The van der Waals surface area contributed by atoms with Gasteiger partial charge in [0.25, 0.3) is 0 Å². The Balaban J connectivity index is 2.05. The summed E-state index contributed by atoms with van der Waals surface area (Å²) < 4.78 is 15.9. The van der Waals surface area contributed by atoms with Gasteiger partial charge in [0.05, 0.1) is 17.1 Å². The van der Waals surface area contributed by atoms with Gasteiger partial charge in [-0.2, -0.15) is 5.10 Å². The van der Waals surface area contributed by atoms with Crippen LogP contribution in [0.25, 0.3) is 5.69 Å². The summed E-state index contributed by atoms with van der Waals surface area (Å²) in [5.41, 5.74) is 11.9. The lowest BCUT2D eigenvalue weighted by Crippen LogP contribution is -2.20. The van der Waals surface area contributed by atoms with Crippen molar-refractivity contribution in [1.82, 2.24) is 9.78 Å². The van der Waals surface area contributed by atoms with Crippen molar-refractivity contribution in [3.63, 3.8) is 0 Å². The number of para-hydroxylation sites is 1. The minimum Gasteiger partial charge on any atom is -0.405 e. The van der Waals surface area contributed by atoms with Crippen molar-refractivity contribution in [2.75, 3.05) is 0 Å². The fourth-order valence-electron chi connectivity index (χ4n) is 2.56. The Kier molecular flexibility index (Phi) is 6.63. The maximum absolute atomic E-state index is 14.7. The fourth-order valence-corrected chi connectivity index (χ4v) is 2.56. The van der Waals surface area contributed by atoms with Crippen molar-refractivity contribution in [3.05, 3.63) is 107 Å². The highest BCUT2D eigenvalue weighted by molar-refractivity contribution is 6.08. The largest absolute Gasteiger partial charge is 0.405 e. The lowest BCUT2D eigenvalue weighted by Gasteiger charge is -2.09. The number of allylic oxidation sites excluding steroid dienone is 2. The maximum atomic E-state index is 14.7. The normalized spacial score (nSPS) is 12.4. The molecule has 7 nitrogen and oxygen atoms in total. The predicted molar refractivity (Wildman–Crippen MR) is 117 cm³/mol. The molecule has 0 spiro atoms.